The summed E-state index contributed by atoms with van der Waals surface area (Å²) in [7, 11) is 4.00. The number of nitrogens with zero attached hydrogens (tertiary/aromatic N) is 1. The summed E-state index contributed by atoms with van der Waals surface area (Å²) in [4.78, 5) is 14.1. The summed E-state index contributed by atoms with van der Waals surface area (Å²) < 4.78 is 13.1. The molecule has 4 heteroatoms. The van der Waals surface area contributed by atoms with Crippen LogP contribution in [0.4, 0.5) is 4.39 Å². The van der Waals surface area contributed by atoms with Crippen LogP contribution in [0.15, 0.2) is 18.2 Å². The molecular formula is C15H23FN2O. The Balaban J connectivity index is 2.66. The number of aryl methyl sites for hydroxylation is 1. The molecule has 0 saturated carbocycles. The van der Waals surface area contributed by atoms with Crippen LogP contribution >= 0.6 is 0 Å². The zero-order valence-corrected chi connectivity index (χ0v) is 12.3. The second-order valence-electron chi connectivity index (χ2n) is 5.45. The van der Waals surface area contributed by atoms with Crippen LogP contribution in [0, 0.1) is 18.7 Å². The van der Waals surface area contributed by atoms with Crippen molar-refractivity contribution < 1.29 is 9.18 Å². The molecule has 1 N–H and O–H groups in total. The molecule has 1 aromatic rings. The van der Waals surface area contributed by atoms with Gasteiger partial charge in [-0.2, -0.15) is 0 Å². The van der Waals surface area contributed by atoms with E-state index in [0.29, 0.717) is 23.6 Å². The lowest BCUT2D eigenvalue weighted by Gasteiger charge is -2.28. The van der Waals surface area contributed by atoms with Gasteiger partial charge in [0.1, 0.15) is 5.82 Å². The average Bonchev–Trinajstić information content (AvgIpc) is 2.31. The summed E-state index contributed by atoms with van der Waals surface area (Å²) in [5, 5.41) is 2.91. The number of nitrogens with one attached hydrogen (secondary N) is 1. The van der Waals surface area contributed by atoms with Crippen LogP contribution in [-0.2, 0) is 0 Å². The van der Waals surface area contributed by atoms with Gasteiger partial charge < -0.3 is 10.2 Å². The molecule has 0 saturated heterocycles. The second-order valence-corrected chi connectivity index (χ2v) is 5.45. The number of halogens is 1. The van der Waals surface area contributed by atoms with Crippen LogP contribution in [0.3, 0.4) is 0 Å². The third kappa shape index (κ3) is 4.31. The zero-order chi connectivity index (χ0) is 14.6. The normalized spacial score (nSPS) is 12.8. The van der Waals surface area contributed by atoms with Crippen molar-refractivity contribution in [3.05, 3.63) is 35.1 Å². The van der Waals surface area contributed by atoms with Gasteiger partial charge in [0.25, 0.3) is 5.91 Å². The molecule has 1 unspecified atom stereocenters. The summed E-state index contributed by atoms with van der Waals surface area (Å²) in [6.07, 6.45) is 0. The predicted molar refractivity (Wildman–Crippen MR) is 75.8 cm³/mol. The Hall–Kier alpha value is -1.42. The molecule has 0 aromatic heterocycles. The quantitative estimate of drug-likeness (QED) is 0.888. The lowest BCUT2D eigenvalue weighted by Crippen LogP contribution is -2.43. The van der Waals surface area contributed by atoms with Gasteiger partial charge in [0.05, 0.1) is 0 Å². The topological polar surface area (TPSA) is 32.3 Å². The van der Waals surface area contributed by atoms with E-state index in [-0.39, 0.29) is 17.8 Å². The first-order chi connectivity index (χ1) is 8.82. The van der Waals surface area contributed by atoms with Crippen molar-refractivity contribution in [2.24, 2.45) is 5.92 Å². The van der Waals surface area contributed by atoms with Crippen LogP contribution in [0.5, 0.6) is 0 Å². The summed E-state index contributed by atoms with van der Waals surface area (Å²) in [5.41, 5.74) is 0.987. The number of likely N-dealkylation sites (N-methyl/N-ethyl adjacent to an activating group) is 1. The molecule has 1 amide bonds. The number of carbonyl (C=O) groups is 1. The van der Waals surface area contributed by atoms with Crippen molar-refractivity contribution in [1.29, 1.82) is 0 Å². The van der Waals surface area contributed by atoms with E-state index in [1.165, 1.54) is 12.1 Å². The minimum Gasteiger partial charge on any atom is -0.350 e. The van der Waals surface area contributed by atoms with E-state index in [9.17, 15) is 9.18 Å². The van der Waals surface area contributed by atoms with Gasteiger partial charge in [-0.1, -0.05) is 13.8 Å². The average molecular weight is 266 g/mol. The first-order valence-corrected chi connectivity index (χ1v) is 6.53. The molecule has 0 aliphatic carbocycles. The van der Waals surface area contributed by atoms with Crippen LogP contribution < -0.4 is 5.32 Å². The third-order valence-electron chi connectivity index (χ3n) is 3.32. The molecule has 1 atom stereocenters. The van der Waals surface area contributed by atoms with Crippen LogP contribution in [0.2, 0.25) is 0 Å². The van der Waals surface area contributed by atoms with Crippen LogP contribution in [0.25, 0.3) is 0 Å². The zero-order valence-electron chi connectivity index (χ0n) is 12.3. The minimum absolute atomic E-state index is 0.157. The van der Waals surface area contributed by atoms with Gasteiger partial charge in [0, 0.05) is 18.2 Å². The highest BCUT2D eigenvalue weighted by Gasteiger charge is 2.17. The first-order valence-electron chi connectivity index (χ1n) is 6.53. The molecule has 106 valence electrons. The Kier molecular flexibility index (Phi) is 5.48. The molecule has 0 heterocycles. The van der Waals surface area contributed by atoms with E-state index >= 15 is 0 Å². The standard InChI is InChI=1S/C15H23FN2O/c1-10(2)14(18(4)5)9-17-15(19)12-6-7-13(16)11(3)8-12/h6-8,10,14H,9H2,1-5H3,(H,17,19). The number of benzene rings is 1. The lowest BCUT2D eigenvalue weighted by molar-refractivity contribution is 0.0934. The lowest BCUT2D eigenvalue weighted by atomic mass is 10.0. The molecule has 0 radical (unpaired) electrons. The minimum atomic E-state index is -0.287. The fourth-order valence-electron chi connectivity index (χ4n) is 2.10. The highest BCUT2D eigenvalue weighted by atomic mass is 19.1. The van der Waals surface area contributed by atoms with E-state index in [1.54, 1.807) is 13.0 Å². The number of amides is 1. The van der Waals surface area contributed by atoms with Gasteiger partial charge in [-0.25, -0.2) is 4.39 Å². The maximum atomic E-state index is 13.1. The van der Waals surface area contributed by atoms with E-state index in [1.807, 2.05) is 14.1 Å². The van der Waals surface area contributed by atoms with Gasteiger partial charge in [0.15, 0.2) is 0 Å². The second kappa shape index (κ2) is 6.66. The van der Waals surface area contributed by atoms with Crippen LogP contribution in [-0.4, -0.2) is 37.5 Å². The molecule has 0 fully saturated rings. The van der Waals surface area contributed by atoms with Gasteiger partial charge in [-0.05, 0) is 50.7 Å². The van der Waals surface area contributed by atoms with Gasteiger partial charge in [-0.15, -0.1) is 0 Å². The van der Waals surface area contributed by atoms with Crippen molar-refractivity contribution in [1.82, 2.24) is 10.2 Å². The molecule has 0 aliphatic heterocycles. The van der Waals surface area contributed by atoms with Crippen molar-refractivity contribution in [3.8, 4) is 0 Å². The summed E-state index contributed by atoms with van der Waals surface area (Å²) >= 11 is 0. The largest absolute Gasteiger partial charge is 0.350 e. The molecule has 0 spiro atoms. The summed E-state index contributed by atoms with van der Waals surface area (Å²) in [6, 6.07) is 4.70. The van der Waals surface area contributed by atoms with E-state index in [2.05, 4.69) is 24.1 Å². The van der Waals surface area contributed by atoms with Gasteiger partial charge >= 0.3 is 0 Å². The maximum absolute atomic E-state index is 13.1. The highest BCUT2D eigenvalue weighted by Crippen LogP contribution is 2.10. The summed E-state index contributed by atoms with van der Waals surface area (Å²) in [6.45, 7) is 6.49. The SMILES string of the molecule is Cc1cc(C(=O)NCC(C(C)C)N(C)C)ccc1F. The Morgan fingerprint density at radius 2 is 2.00 bits per heavy atom. The van der Waals surface area contributed by atoms with E-state index < -0.39 is 0 Å². The molecule has 1 rings (SSSR count). The number of hydrogen-bond donors (Lipinski definition) is 1. The van der Waals surface area contributed by atoms with Crippen molar-refractivity contribution in [2.75, 3.05) is 20.6 Å². The monoisotopic (exact) mass is 266 g/mol. The maximum Gasteiger partial charge on any atom is 0.251 e. The fraction of sp³-hybridized carbons (Fsp3) is 0.533. The number of carbonyl (C=O) groups excluding carboxylic acids is 1. The Morgan fingerprint density at radius 3 is 2.47 bits per heavy atom. The molecule has 3 nitrogen and oxygen atoms in total. The fourth-order valence-corrected chi connectivity index (χ4v) is 2.10. The van der Waals surface area contributed by atoms with Gasteiger partial charge in [-0.3, -0.25) is 4.79 Å². The Morgan fingerprint density at radius 1 is 1.37 bits per heavy atom. The number of rotatable bonds is 5. The Labute approximate surface area is 114 Å². The first kappa shape index (κ1) is 15.6. The molecular weight excluding hydrogens is 243 g/mol. The predicted octanol–water partition coefficient (Wildman–Crippen LogP) is 2.45. The molecule has 19 heavy (non-hydrogen) atoms. The smallest absolute Gasteiger partial charge is 0.251 e. The van der Waals surface area contributed by atoms with Crippen molar-refractivity contribution >= 4 is 5.91 Å². The molecule has 0 bridgehead atoms. The summed E-state index contributed by atoms with van der Waals surface area (Å²) in [5.74, 6) is 0.00533. The number of hydrogen-bond acceptors (Lipinski definition) is 2. The van der Waals surface area contributed by atoms with Crippen LogP contribution in [0.1, 0.15) is 29.8 Å². The molecule has 1 aromatic carbocycles. The van der Waals surface area contributed by atoms with Crippen molar-refractivity contribution in [2.45, 2.75) is 26.8 Å². The Bertz CT molecular complexity index is 436. The van der Waals surface area contributed by atoms with E-state index in [4.69, 9.17) is 0 Å². The van der Waals surface area contributed by atoms with Crippen molar-refractivity contribution in [3.63, 3.8) is 0 Å². The molecule has 0 aliphatic rings. The van der Waals surface area contributed by atoms with E-state index in [0.717, 1.165) is 0 Å². The van der Waals surface area contributed by atoms with Gasteiger partial charge in [0.2, 0.25) is 0 Å². The third-order valence-corrected chi connectivity index (χ3v) is 3.32. The highest BCUT2D eigenvalue weighted by molar-refractivity contribution is 5.94.